The van der Waals surface area contributed by atoms with Crippen molar-refractivity contribution in [3.8, 4) is 0 Å². The number of rotatable bonds is 3. The molecule has 2 aliphatic heterocycles. The van der Waals surface area contributed by atoms with Gasteiger partial charge in [0.25, 0.3) is 0 Å². The van der Waals surface area contributed by atoms with Gasteiger partial charge >= 0.3 is 0 Å². The van der Waals surface area contributed by atoms with Crippen LogP contribution in [0.4, 0.5) is 5.69 Å². The molecule has 2 saturated heterocycles. The summed E-state index contributed by atoms with van der Waals surface area (Å²) in [7, 11) is -3.72. The van der Waals surface area contributed by atoms with Gasteiger partial charge in [-0.3, -0.25) is 9.59 Å². The van der Waals surface area contributed by atoms with Gasteiger partial charge in [0.1, 0.15) is 6.04 Å². The predicted octanol–water partition coefficient (Wildman–Crippen LogP) is 0.594. The first-order valence-corrected chi connectivity index (χ1v) is 10.2. The summed E-state index contributed by atoms with van der Waals surface area (Å²) < 4.78 is 24.4. The van der Waals surface area contributed by atoms with E-state index in [0.29, 0.717) is 26.2 Å². The number of piperazine rings is 1. The molecule has 0 N–H and O–H groups in total. The molecular formula is C17H23N3O4S. The van der Waals surface area contributed by atoms with Crippen LogP contribution in [0.25, 0.3) is 0 Å². The van der Waals surface area contributed by atoms with Crippen molar-refractivity contribution in [2.75, 3.05) is 37.3 Å². The van der Waals surface area contributed by atoms with Gasteiger partial charge in [-0.2, -0.15) is 0 Å². The maximum Gasteiger partial charge on any atom is 0.246 e. The van der Waals surface area contributed by atoms with Gasteiger partial charge in [0, 0.05) is 38.3 Å². The van der Waals surface area contributed by atoms with Crippen molar-refractivity contribution in [1.82, 2.24) is 9.21 Å². The van der Waals surface area contributed by atoms with Crippen LogP contribution < -0.4 is 4.90 Å². The van der Waals surface area contributed by atoms with Crippen LogP contribution in [-0.2, 0) is 19.6 Å². The van der Waals surface area contributed by atoms with Crippen LogP contribution in [0.3, 0.4) is 0 Å². The lowest BCUT2D eigenvalue weighted by Crippen LogP contribution is -2.54. The van der Waals surface area contributed by atoms with Crippen LogP contribution in [0.1, 0.15) is 18.4 Å². The molecule has 0 saturated carbocycles. The first-order valence-electron chi connectivity index (χ1n) is 8.40. The maximum atomic E-state index is 12.7. The average molecular weight is 365 g/mol. The van der Waals surface area contributed by atoms with Gasteiger partial charge in [0.05, 0.1) is 6.26 Å². The normalized spacial score (nSPS) is 21.8. The largest absolute Gasteiger partial charge is 0.368 e. The summed E-state index contributed by atoms with van der Waals surface area (Å²) in [6.45, 7) is 4.47. The number of sulfonamides is 1. The fourth-order valence-electron chi connectivity index (χ4n) is 3.52. The van der Waals surface area contributed by atoms with Crippen molar-refractivity contribution >= 4 is 27.5 Å². The van der Waals surface area contributed by atoms with Gasteiger partial charge in [0.2, 0.25) is 21.8 Å². The van der Waals surface area contributed by atoms with Crippen molar-refractivity contribution in [2.45, 2.75) is 25.8 Å². The molecular weight excluding hydrogens is 342 g/mol. The lowest BCUT2D eigenvalue weighted by atomic mass is 10.1. The number of carbonyl (C=O) groups is 2. The quantitative estimate of drug-likeness (QED) is 0.784. The molecule has 1 unspecified atom stereocenters. The molecule has 0 bridgehead atoms. The zero-order valence-corrected chi connectivity index (χ0v) is 15.3. The van der Waals surface area contributed by atoms with Gasteiger partial charge < -0.3 is 9.80 Å². The van der Waals surface area contributed by atoms with Crippen molar-refractivity contribution in [2.24, 2.45) is 0 Å². The Morgan fingerprint density at radius 1 is 1.16 bits per heavy atom. The highest BCUT2D eigenvalue weighted by atomic mass is 32.2. The Hall–Kier alpha value is -2.09. The molecule has 8 heteroatoms. The minimum Gasteiger partial charge on any atom is -0.368 e. The van der Waals surface area contributed by atoms with Gasteiger partial charge in [-0.1, -0.05) is 12.1 Å². The van der Waals surface area contributed by atoms with Crippen molar-refractivity contribution in [3.63, 3.8) is 0 Å². The number of carbonyl (C=O) groups excluding carboxylic acids is 2. The van der Waals surface area contributed by atoms with E-state index in [1.807, 2.05) is 25.1 Å². The third kappa shape index (κ3) is 3.63. The Labute approximate surface area is 148 Å². The van der Waals surface area contributed by atoms with Crippen molar-refractivity contribution in [1.29, 1.82) is 0 Å². The van der Waals surface area contributed by atoms with E-state index in [1.54, 1.807) is 4.90 Å². The number of aryl methyl sites for hydroxylation is 1. The Morgan fingerprint density at radius 3 is 2.44 bits per heavy atom. The lowest BCUT2D eigenvalue weighted by Gasteiger charge is -2.38. The van der Waals surface area contributed by atoms with Crippen molar-refractivity contribution < 1.29 is 18.0 Å². The third-order valence-electron chi connectivity index (χ3n) is 4.76. The second-order valence-corrected chi connectivity index (χ2v) is 8.52. The summed E-state index contributed by atoms with van der Waals surface area (Å²) in [5, 5.41) is 0. The van der Waals surface area contributed by atoms with Crippen LogP contribution in [0.15, 0.2) is 24.3 Å². The highest BCUT2D eigenvalue weighted by molar-refractivity contribution is 7.89. The molecule has 2 aliphatic rings. The smallest absolute Gasteiger partial charge is 0.246 e. The van der Waals surface area contributed by atoms with Gasteiger partial charge in [-0.15, -0.1) is 0 Å². The number of amides is 2. The first kappa shape index (κ1) is 17.7. The predicted molar refractivity (Wildman–Crippen MR) is 94.7 cm³/mol. The molecule has 136 valence electrons. The number of benzene rings is 1. The second kappa shape index (κ2) is 6.67. The number of hydrogen-bond donors (Lipinski definition) is 0. The lowest BCUT2D eigenvalue weighted by molar-refractivity contribution is -0.138. The van der Waals surface area contributed by atoms with E-state index in [-0.39, 0.29) is 18.7 Å². The summed E-state index contributed by atoms with van der Waals surface area (Å²) in [6, 6.07) is 7.33. The maximum absolute atomic E-state index is 12.7. The molecule has 1 aromatic rings. The molecule has 3 rings (SSSR count). The monoisotopic (exact) mass is 365 g/mol. The molecule has 2 amide bonds. The number of anilines is 1. The Bertz CT molecular complexity index is 785. The Kier molecular flexibility index (Phi) is 4.73. The Morgan fingerprint density at radius 2 is 1.84 bits per heavy atom. The van der Waals surface area contributed by atoms with Gasteiger partial charge in [-0.05, 0) is 31.0 Å². The molecule has 7 nitrogen and oxygen atoms in total. The Balaban J connectivity index is 1.66. The minimum atomic E-state index is -3.72. The molecule has 2 heterocycles. The van der Waals surface area contributed by atoms with Crippen LogP contribution in [0, 0.1) is 6.92 Å². The van der Waals surface area contributed by atoms with E-state index in [4.69, 9.17) is 0 Å². The molecule has 2 fully saturated rings. The average Bonchev–Trinajstić information content (AvgIpc) is 2.96. The van der Waals surface area contributed by atoms with Gasteiger partial charge in [0.15, 0.2) is 0 Å². The molecule has 1 aromatic carbocycles. The van der Waals surface area contributed by atoms with E-state index >= 15 is 0 Å². The second-order valence-electron chi connectivity index (χ2n) is 6.66. The van der Waals surface area contributed by atoms with Crippen molar-refractivity contribution in [3.05, 3.63) is 29.8 Å². The summed E-state index contributed by atoms with van der Waals surface area (Å²) >= 11 is 0. The van der Waals surface area contributed by atoms with Crippen LogP contribution in [0.5, 0.6) is 0 Å². The minimum absolute atomic E-state index is 0.104. The topological polar surface area (TPSA) is 78.0 Å². The number of hydrogen-bond acceptors (Lipinski definition) is 5. The van der Waals surface area contributed by atoms with Crippen LogP contribution in [0.2, 0.25) is 0 Å². The fraction of sp³-hybridized carbons (Fsp3) is 0.529. The van der Waals surface area contributed by atoms with Crippen LogP contribution in [-0.4, -0.2) is 67.9 Å². The summed E-state index contributed by atoms with van der Waals surface area (Å²) in [5.74, 6) is -0.751. The highest BCUT2D eigenvalue weighted by Gasteiger charge is 2.43. The zero-order valence-electron chi connectivity index (χ0n) is 14.5. The standard InChI is InChI=1S/C17H23N3O4S/c1-13-4-3-5-14(12-13)18-8-10-19(11-9-18)17(22)15-6-7-16(21)20(15)25(2,23)24/h3-5,12,15H,6-11H2,1-2H3. The number of nitrogens with zero attached hydrogens (tertiary/aromatic N) is 3. The molecule has 0 aromatic heterocycles. The molecule has 25 heavy (non-hydrogen) atoms. The fourth-order valence-corrected chi connectivity index (χ4v) is 4.64. The summed E-state index contributed by atoms with van der Waals surface area (Å²) in [4.78, 5) is 28.5. The van der Waals surface area contributed by atoms with E-state index in [0.717, 1.165) is 16.2 Å². The van der Waals surface area contributed by atoms with Crippen LogP contribution >= 0.6 is 0 Å². The molecule has 0 aliphatic carbocycles. The van der Waals surface area contributed by atoms with E-state index in [2.05, 4.69) is 11.0 Å². The zero-order chi connectivity index (χ0) is 18.2. The third-order valence-corrected chi connectivity index (χ3v) is 5.93. The van der Waals surface area contributed by atoms with Gasteiger partial charge in [-0.25, -0.2) is 12.7 Å². The summed E-state index contributed by atoms with van der Waals surface area (Å²) in [6.07, 6.45) is 1.35. The molecule has 0 spiro atoms. The highest BCUT2D eigenvalue weighted by Crippen LogP contribution is 2.25. The SMILES string of the molecule is Cc1cccc(N2CCN(C(=O)C3CCC(=O)N3S(C)(=O)=O)CC2)c1. The van der Waals surface area contributed by atoms with E-state index < -0.39 is 22.0 Å². The molecule has 0 radical (unpaired) electrons. The molecule has 1 atom stereocenters. The van der Waals surface area contributed by atoms with E-state index in [1.165, 1.54) is 5.56 Å². The summed E-state index contributed by atoms with van der Waals surface area (Å²) in [5.41, 5.74) is 2.31. The first-order chi connectivity index (χ1) is 11.8. The van der Waals surface area contributed by atoms with E-state index in [9.17, 15) is 18.0 Å².